The van der Waals surface area contributed by atoms with Crippen LogP contribution in [0.3, 0.4) is 0 Å². The van der Waals surface area contributed by atoms with E-state index in [4.69, 9.17) is 0 Å². The Morgan fingerprint density at radius 2 is 1.54 bits per heavy atom. The van der Waals surface area contributed by atoms with Crippen LogP contribution in [0.5, 0.6) is 0 Å². The first kappa shape index (κ1) is 25.8. The van der Waals surface area contributed by atoms with Crippen LogP contribution >= 0.6 is 36.6 Å². The van der Waals surface area contributed by atoms with Crippen molar-refractivity contribution in [3.63, 3.8) is 0 Å². The monoisotopic (exact) mass is 454 g/mol. The van der Waals surface area contributed by atoms with Crippen LogP contribution in [-0.4, -0.2) is 96.4 Å². The maximum atomic E-state index is 12.6. The molecule has 0 aromatic heterocycles. The lowest BCUT2D eigenvalue weighted by atomic mass is 9.92. The largest absolute Gasteiger partial charge is 0.343 e. The fraction of sp³-hybridized carbons (Fsp3) is 0.895. The molecule has 6 nitrogen and oxygen atoms in total. The lowest BCUT2D eigenvalue weighted by Crippen LogP contribution is -2.49. The van der Waals surface area contributed by atoms with Gasteiger partial charge in [0.25, 0.3) is 0 Å². The SMILES string of the molecule is CCN1CCN(C(=O)CC2CCN(C(=O)CC3CSCCN3)CC2)CC1.Cl.Cl. The Bertz CT molecular complexity index is 479. The Morgan fingerprint density at radius 1 is 0.929 bits per heavy atom. The first-order valence-electron chi connectivity index (χ1n) is 10.2. The first-order valence-corrected chi connectivity index (χ1v) is 11.4. The van der Waals surface area contributed by atoms with E-state index in [9.17, 15) is 9.59 Å². The third-order valence-electron chi connectivity index (χ3n) is 6.02. The van der Waals surface area contributed by atoms with E-state index in [2.05, 4.69) is 17.1 Å². The Morgan fingerprint density at radius 3 is 2.11 bits per heavy atom. The second kappa shape index (κ2) is 13.2. The van der Waals surface area contributed by atoms with E-state index in [1.165, 1.54) is 0 Å². The van der Waals surface area contributed by atoms with E-state index >= 15 is 0 Å². The Kier molecular flexibility index (Phi) is 12.1. The lowest BCUT2D eigenvalue weighted by Gasteiger charge is -2.36. The van der Waals surface area contributed by atoms with Crippen molar-refractivity contribution in [2.45, 2.75) is 38.6 Å². The van der Waals surface area contributed by atoms with Gasteiger partial charge in [-0.1, -0.05) is 6.92 Å². The quantitative estimate of drug-likeness (QED) is 0.684. The average molecular weight is 455 g/mol. The molecule has 1 N–H and O–H groups in total. The molecule has 0 saturated carbocycles. The molecule has 0 bridgehead atoms. The van der Waals surface area contributed by atoms with Gasteiger partial charge in [-0.2, -0.15) is 11.8 Å². The number of hydrogen-bond acceptors (Lipinski definition) is 5. The Balaban J connectivity index is 0.00000196. The number of nitrogens with zero attached hydrogens (tertiary/aromatic N) is 3. The number of likely N-dealkylation sites (tertiary alicyclic amines) is 1. The molecule has 0 aliphatic carbocycles. The average Bonchev–Trinajstić information content (AvgIpc) is 2.69. The predicted octanol–water partition coefficient (Wildman–Crippen LogP) is 1.72. The third kappa shape index (κ3) is 7.56. The molecule has 3 aliphatic rings. The molecule has 3 rings (SSSR count). The summed E-state index contributed by atoms with van der Waals surface area (Å²) in [6.07, 6.45) is 3.23. The van der Waals surface area contributed by atoms with E-state index in [0.29, 0.717) is 30.7 Å². The van der Waals surface area contributed by atoms with Gasteiger partial charge in [0.15, 0.2) is 0 Å². The van der Waals surface area contributed by atoms with Crippen LogP contribution in [-0.2, 0) is 9.59 Å². The highest BCUT2D eigenvalue weighted by atomic mass is 35.5. The molecular formula is C19H36Cl2N4O2S. The number of likely N-dealkylation sites (N-methyl/N-ethyl adjacent to an activating group) is 1. The second-order valence-corrected chi connectivity index (χ2v) is 8.92. The van der Waals surface area contributed by atoms with Gasteiger partial charge in [0, 0.05) is 76.2 Å². The summed E-state index contributed by atoms with van der Waals surface area (Å²) in [5, 5.41) is 3.45. The zero-order chi connectivity index (χ0) is 18.4. The summed E-state index contributed by atoms with van der Waals surface area (Å²) in [6.45, 7) is 9.65. The van der Waals surface area contributed by atoms with Crippen molar-refractivity contribution in [1.82, 2.24) is 20.0 Å². The van der Waals surface area contributed by atoms with Crippen LogP contribution in [0.4, 0.5) is 0 Å². The molecule has 2 amide bonds. The van der Waals surface area contributed by atoms with Crippen molar-refractivity contribution in [2.24, 2.45) is 5.92 Å². The number of piperidine rings is 1. The highest BCUT2D eigenvalue weighted by Crippen LogP contribution is 2.23. The summed E-state index contributed by atoms with van der Waals surface area (Å²) in [7, 11) is 0. The van der Waals surface area contributed by atoms with Crippen molar-refractivity contribution in [1.29, 1.82) is 0 Å². The number of amides is 2. The maximum Gasteiger partial charge on any atom is 0.224 e. The number of rotatable bonds is 5. The van der Waals surface area contributed by atoms with Gasteiger partial charge in [0.1, 0.15) is 0 Å². The fourth-order valence-electron chi connectivity index (χ4n) is 4.17. The lowest BCUT2D eigenvalue weighted by molar-refractivity contribution is -0.135. The number of thioether (sulfide) groups is 1. The highest BCUT2D eigenvalue weighted by Gasteiger charge is 2.28. The second-order valence-electron chi connectivity index (χ2n) is 7.77. The van der Waals surface area contributed by atoms with Gasteiger partial charge >= 0.3 is 0 Å². The molecule has 1 atom stereocenters. The molecule has 3 aliphatic heterocycles. The van der Waals surface area contributed by atoms with Crippen LogP contribution in [0.25, 0.3) is 0 Å². The van der Waals surface area contributed by atoms with Crippen molar-refractivity contribution >= 4 is 48.4 Å². The minimum absolute atomic E-state index is 0. The normalized spacial score (nSPS) is 24.2. The van der Waals surface area contributed by atoms with Gasteiger partial charge < -0.3 is 20.0 Å². The van der Waals surface area contributed by atoms with Crippen LogP contribution in [0.2, 0.25) is 0 Å². The molecule has 0 spiro atoms. The summed E-state index contributed by atoms with van der Waals surface area (Å²) in [4.78, 5) is 31.5. The fourth-order valence-corrected chi connectivity index (χ4v) is 5.12. The maximum absolute atomic E-state index is 12.6. The molecule has 3 saturated heterocycles. The zero-order valence-corrected chi connectivity index (χ0v) is 19.4. The topological polar surface area (TPSA) is 55.9 Å². The summed E-state index contributed by atoms with van der Waals surface area (Å²) >= 11 is 1.94. The summed E-state index contributed by atoms with van der Waals surface area (Å²) in [5.41, 5.74) is 0. The van der Waals surface area contributed by atoms with E-state index in [0.717, 1.165) is 76.7 Å². The predicted molar refractivity (Wildman–Crippen MR) is 121 cm³/mol. The summed E-state index contributed by atoms with van der Waals surface area (Å²) < 4.78 is 0. The van der Waals surface area contributed by atoms with E-state index in [-0.39, 0.29) is 30.7 Å². The molecule has 3 fully saturated rings. The Labute approximate surface area is 186 Å². The van der Waals surface area contributed by atoms with Gasteiger partial charge in [0.05, 0.1) is 0 Å². The molecule has 164 valence electrons. The van der Waals surface area contributed by atoms with Crippen LogP contribution < -0.4 is 5.32 Å². The van der Waals surface area contributed by atoms with Gasteiger partial charge in [-0.25, -0.2) is 0 Å². The molecule has 28 heavy (non-hydrogen) atoms. The molecule has 0 aromatic rings. The van der Waals surface area contributed by atoms with Crippen LogP contribution in [0, 0.1) is 5.92 Å². The van der Waals surface area contributed by atoms with Crippen molar-refractivity contribution in [3.8, 4) is 0 Å². The van der Waals surface area contributed by atoms with Crippen molar-refractivity contribution in [2.75, 3.05) is 63.9 Å². The van der Waals surface area contributed by atoms with Gasteiger partial charge in [-0.05, 0) is 25.3 Å². The number of carbonyl (C=O) groups is 2. The molecule has 0 aromatic carbocycles. The molecule has 0 radical (unpaired) electrons. The minimum Gasteiger partial charge on any atom is -0.343 e. The Hall–Kier alpha value is -0.210. The van der Waals surface area contributed by atoms with Crippen LogP contribution in [0.1, 0.15) is 32.6 Å². The van der Waals surface area contributed by atoms with Crippen LogP contribution in [0.15, 0.2) is 0 Å². The number of halogens is 2. The highest BCUT2D eigenvalue weighted by molar-refractivity contribution is 7.99. The van der Waals surface area contributed by atoms with Crippen molar-refractivity contribution < 1.29 is 9.59 Å². The van der Waals surface area contributed by atoms with Crippen molar-refractivity contribution in [3.05, 3.63) is 0 Å². The van der Waals surface area contributed by atoms with E-state index in [1.807, 2.05) is 21.6 Å². The summed E-state index contributed by atoms with van der Waals surface area (Å²) in [5.74, 6) is 3.23. The number of carbonyl (C=O) groups excluding carboxylic acids is 2. The summed E-state index contributed by atoms with van der Waals surface area (Å²) in [6, 6.07) is 0.335. The first-order chi connectivity index (χ1) is 12.7. The molecule has 3 heterocycles. The molecular weight excluding hydrogens is 419 g/mol. The van der Waals surface area contributed by atoms with Gasteiger partial charge in [-0.15, -0.1) is 24.8 Å². The van der Waals surface area contributed by atoms with Gasteiger partial charge in [0.2, 0.25) is 11.8 Å². The van der Waals surface area contributed by atoms with Gasteiger partial charge in [-0.3, -0.25) is 9.59 Å². The third-order valence-corrected chi connectivity index (χ3v) is 7.15. The van der Waals surface area contributed by atoms with E-state index < -0.39 is 0 Å². The number of nitrogens with one attached hydrogen (secondary N) is 1. The number of hydrogen-bond donors (Lipinski definition) is 1. The molecule has 9 heteroatoms. The zero-order valence-electron chi connectivity index (χ0n) is 16.9. The molecule has 1 unspecified atom stereocenters. The number of piperazine rings is 1. The minimum atomic E-state index is 0. The van der Waals surface area contributed by atoms with E-state index in [1.54, 1.807) is 0 Å². The standard InChI is InChI=1S/C19H34N4O2S.2ClH/c1-2-21-8-10-23(11-9-21)18(24)13-16-3-6-22(7-4-16)19(25)14-17-15-26-12-5-20-17;;/h16-17,20H,2-15H2,1H3;2*1H. The smallest absolute Gasteiger partial charge is 0.224 e.